The molecule has 1 aliphatic rings. The smallest absolute Gasteiger partial charge is 0.0974 e. The minimum atomic E-state index is -0.328. The van der Waals surface area contributed by atoms with E-state index < -0.39 is 0 Å². The maximum Gasteiger partial charge on any atom is 0.0974 e. The Kier molecular flexibility index (Phi) is 5.64. The Labute approximate surface area is 174 Å². The first-order valence-corrected chi connectivity index (χ1v) is 10.2. The lowest BCUT2D eigenvalue weighted by Gasteiger charge is -2.49. The first-order valence-electron chi connectivity index (χ1n) is 10.2. The summed E-state index contributed by atoms with van der Waals surface area (Å²) in [6, 6.07) is 32.7. The third-order valence-electron chi connectivity index (χ3n) is 5.97. The fraction of sp³-hybridized carbons (Fsp3) is 0.185. The van der Waals surface area contributed by atoms with Crippen LogP contribution >= 0.6 is 0 Å². The number of benzene rings is 3. The molecule has 0 radical (unpaired) electrons. The van der Waals surface area contributed by atoms with Gasteiger partial charge in [0.2, 0.25) is 0 Å². The standard InChI is InChI=1S/C27H28N2/c1-3-23(2)28-19-21-29(22-20-28)27(24-13-7-4-8-14-24,25-15-9-5-10-16-25)26-17-11-6-12-18-26/h3-18H,1-2,19-22H2. The molecule has 3 aromatic carbocycles. The molecule has 4 rings (SSSR count). The fourth-order valence-corrected chi connectivity index (χ4v) is 4.54. The molecular formula is C27H28N2. The Morgan fingerprint density at radius 3 is 1.38 bits per heavy atom. The predicted octanol–water partition coefficient (Wildman–Crippen LogP) is 5.30. The molecule has 1 fully saturated rings. The SMILES string of the molecule is C=CC(=C)N1CCN(C(c2ccccc2)(c2ccccc2)c2ccccc2)CC1. The van der Waals surface area contributed by atoms with Crippen molar-refractivity contribution >= 4 is 0 Å². The van der Waals surface area contributed by atoms with Gasteiger partial charge in [-0.2, -0.15) is 0 Å². The zero-order valence-electron chi connectivity index (χ0n) is 16.9. The number of nitrogens with zero attached hydrogens (tertiary/aromatic N) is 2. The van der Waals surface area contributed by atoms with Crippen LogP contribution in [0, 0.1) is 0 Å². The molecule has 0 amide bonds. The summed E-state index contributed by atoms with van der Waals surface area (Å²) in [4.78, 5) is 4.95. The van der Waals surface area contributed by atoms with Gasteiger partial charge in [0.15, 0.2) is 0 Å². The van der Waals surface area contributed by atoms with Crippen LogP contribution in [0.1, 0.15) is 16.7 Å². The highest BCUT2D eigenvalue weighted by molar-refractivity contribution is 5.49. The van der Waals surface area contributed by atoms with Gasteiger partial charge in [-0.3, -0.25) is 4.90 Å². The van der Waals surface area contributed by atoms with Crippen molar-refractivity contribution in [1.29, 1.82) is 0 Å². The van der Waals surface area contributed by atoms with Crippen LogP contribution in [0.25, 0.3) is 0 Å². The molecular weight excluding hydrogens is 352 g/mol. The van der Waals surface area contributed by atoms with Crippen molar-refractivity contribution < 1.29 is 0 Å². The van der Waals surface area contributed by atoms with Gasteiger partial charge in [-0.1, -0.05) is 104 Å². The van der Waals surface area contributed by atoms with Crippen molar-refractivity contribution in [3.63, 3.8) is 0 Å². The van der Waals surface area contributed by atoms with Gasteiger partial charge in [0.1, 0.15) is 0 Å². The topological polar surface area (TPSA) is 6.48 Å². The van der Waals surface area contributed by atoms with E-state index >= 15 is 0 Å². The molecule has 3 aromatic rings. The van der Waals surface area contributed by atoms with Crippen LogP contribution in [0.2, 0.25) is 0 Å². The Balaban J connectivity index is 1.87. The predicted molar refractivity (Wildman–Crippen MR) is 122 cm³/mol. The van der Waals surface area contributed by atoms with Gasteiger partial charge in [0.05, 0.1) is 5.54 Å². The monoisotopic (exact) mass is 380 g/mol. The molecule has 29 heavy (non-hydrogen) atoms. The molecule has 0 unspecified atom stereocenters. The summed E-state index contributed by atoms with van der Waals surface area (Å²) in [7, 11) is 0. The van der Waals surface area contributed by atoms with Gasteiger partial charge in [-0.05, 0) is 22.8 Å². The van der Waals surface area contributed by atoms with Crippen molar-refractivity contribution in [3.05, 3.63) is 133 Å². The van der Waals surface area contributed by atoms with Crippen molar-refractivity contribution in [3.8, 4) is 0 Å². The number of rotatable bonds is 6. The van der Waals surface area contributed by atoms with Crippen LogP contribution in [0.5, 0.6) is 0 Å². The lowest BCUT2D eigenvalue weighted by atomic mass is 9.75. The maximum absolute atomic E-state index is 4.15. The molecule has 1 aliphatic heterocycles. The molecule has 0 bridgehead atoms. The van der Waals surface area contributed by atoms with Crippen LogP contribution in [0.15, 0.2) is 116 Å². The molecule has 0 atom stereocenters. The highest BCUT2D eigenvalue weighted by atomic mass is 15.3. The van der Waals surface area contributed by atoms with E-state index in [9.17, 15) is 0 Å². The minimum absolute atomic E-state index is 0.328. The van der Waals surface area contributed by atoms with Crippen molar-refractivity contribution in [2.45, 2.75) is 5.54 Å². The quantitative estimate of drug-likeness (QED) is 0.423. The molecule has 0 aromatic heterocycles. The van der Waals surface area contributed by atoms with Crippen LogP contribution in [0.3, 0.4) is 0 Å². The second-order valence-electron chi connectivity index (χ2n) is 7.48. The zero-order valence-corrected chi connectivity index (χ0v) is 16.9. The summed E-state index contributed by atoms with van der Waals surface area (Å²) in [6.07, 6.45) is 1.86. The summed E-state index contributed by atoms with van der Waals surface area (Å²) in [5.41, 5.74) is 4.58. The summed E-state index contributed by atoms with van der Waals surface area (Å²) >= 11 is 0. The minimum Gasteiger partial charge on any atom is -0.369 e. The highest BCUT2D eigenvalue weighted by Crippen LogP contribution is 2.42. The van der Waals surface area contributed by atoms with E-state index in [0.29, 0.717) is 0 Å². The molecule has 0 aliphatic carbocycles. The summed E-state index contributed by atoms with van der Waals surface area (Å²) in [5.74, 6) is 0. The first kappa shape index (κ1) is 19.2. The van der Waals surface area contributed by atoms with Crippen LogP contribution in [-0.4, -0.2) is 36.0 Å². The molecule has 2 nitrogen and oxygen atoms in total. The van der Waals surface area contributed by atoms with E-state index in [1.165, 1.54) is 16.7 Å². The highest BCUT2D eigenvalue weighted by Gasteiger charge is 2.43. The van der Waals surface area contributed by atoms with E-state index in [0.717, 1.165) is 31.9 Å². The Morgan fingerprint density at radius 1 is 0.655 bits per heavy atom. The Hall–Kier alpha value is -3.10. The van der Waals surface area contributed by atoms with Gasteiger partial charge >= 0.3 is 0 Å². The van der Waals surface area contributed by atoms with E-state index in [2.05, 4.69) is 114 Å². The molecule has 146 valence electrons. The fourth-order valence-electron chi connectivity index (χ4n) is 4.54. The Bertz CT molecular complexity index is 843. The molecule has 0 saturated carbocycles. The van der Waals surface area contributed by atoms with Gasteiger partial charge in [-0.25, -0.2) is 0 Å². The van der Waals surface area contributed by atoms with Crippen LogP contribution < -0.4 is 0 Å². The van der Waals surface area contributed by atoms with E-state index in [1.807, 2.05) is 6.08 Å². The van der Waals surface area contributed by atoms with Gasteiger partial charge in [0, 0.05) is 31.9 Å². The van der Waals surface area contributed by atoms with E-state index in [1.54, 1.807) is 0 Å². The summed E-state index contributed by atoms with van der Waals surface area (Å²) in [5, 5.41) is 0. The third kappa shape index (κ3) is 3.52. The largest absolute Gasteiger partial charge is 0.369 e. The molecule has 1 heterocycles. The molecule has 0 N–H and O–H groups in total. The summed E-state index contributed by atoms with van der Waals surface area (Å²) < 4.78 is 0. The maximum atomic E-state index is 4.15. The Morgan fingerprint density at radius 2 is 1.03 bits per heavy atom. The van der Waals surface area contributed by atoms with Crippen molar-refractivity contribution in [1.82, 2.24) is 9.80 Å². The van der Waals surface area contributed by atoms with Crippen LogP contribution in [-0.2, 0) is 5.54 Å². The average Bonchev–Trinajstić information content (AvgIpc) is 2.82. The van der Waals surface area contributed by atoms with Gasteiger partial charge in [-0.15, -0.1) is 0 Å². The lowest BCUT2D eigenvalue weighted by Crippen LogP contribution is -2.56. The lowest BCUT2D eigenvalue weighted by molar-refractivity contribution is 0.0907. The number of allylic oxidation sites excluding steroid dienone is 1. The second kappa shape index (κ2) is 8.50. The molecule has 2 heteroatoms. The van der Waals surface area contributed by atoms with Crippen LogP contribution in [0.4, 0.5) is 0 Å². The second-order valence-corrected chi connectivity index (χ2v) is 7.48. The molecule has 1 saturated heterocycles. The normalized spacial score (nSPS) is 15.1. The number of hydrogen-bond donors (Lipinski definition) is 0. The van der Waals surface area contributed by atoms with E-state index in [-0.39, 0.29) is 5.54 Å². The van der Waals surface area contributed by atoms with Crippen molar-refractivity contribution in [2.24, 2.45) is 0 Å². The number of piperazine rings is 1. The summed E-state index contributed by atoms with van der Waals surface area (Å²) in [6.45, 7) is 11.8. The van der Waals surface area contributed by atoms with Gasteiger partial charge in [0.25, 0.3) is 0 Å². The van der Waals surface area contributed by atoms with Gasteiger partial charge < -0.3 is 4.90 Å². The van der Waals surface area contributed by atoms with E-state index in [4.69, 9.17) is 0 Å². The number of hydrogen-bond acceptors (Lipinski definition) is 2. The third-order valence-corrected chi connectivity index (χ3v) is 5.97. The molecule has 0 spiro atoms. The first-order chi connectivity index (χ1) is 14.3. The van der Waals surface area contributed by atoms with Crippen molar-refractivity contribution in [2.75, 3.05) is 26.2 Å². The average molecular weight is 381 g/mol. The zero-order chi connectivity index (χ0) is 20.1.